The third kappa shape index (κ3) is 0.641. The van der Waals surface area contributed by atoms with Gasteiger partial charge in [-0.05, 0) is 17.5 Å². The van der Waals surface area contributed by atoms with Gasteiger partial charge in [0.2, 0.25) is 0 Å². The van der Waals surface area contributed by atoms with Crippen molar-refractivity contribution in [3.8, 4) is 0 Å². The number of ether oxygens (including phenoxy) is 1. The van der Waals surface area contributed by atoms with Gasteiger partial charge in [0.05, 0.1) is 12.7 Å². The summed E-state index contributed by atoms with van der Waals surface area (Å²) < 4.78 is 5.58. The molecule has 0 amide bonds. The van der Waals surface area contributed by atoms with Gasteiger partial charge in [0, 0.05) is 5.92 Å². The minimum atomic E-state index is 0.427. The maximum Gasteiger partial charge on any atom is 0.0834 e. The van der Waals surface area contributed by atoms with E-state index in [0.29, 0.717) is 12.0 Å². The van der Waals surface area contributed by atoms with Gasteiger partial charge in [-0.1, -0.05) is 24.3 Å². The highest BCUT2D eigenvalue weighted by molar-refractivity contribution is 5.38. The average molecular weight is 146 g/mol. The van der Waals surface area contributed by atoms with E-state index in [2.05, 4.69) is 24.3 Å². The molecule has 1 aliphatic carbocycles. The topological polar surface area (TPSA) is 9.23 Å². The molecule has 2 atom stereocenters. The van der Waals surface area contributed by atoms with Gasteiger partial charge in [-0.25, -0.2) is 0 Å². The zero-order valence-corrected chi connectivity index (χ0v) is 6.29. The smallest absolute Gasteiger partial charge is 0.0834 e. The van der Waals surface area contributed by atoms with Crippen molar-refractivity contribution in [3.63, 3.8) is 0 Å². The molecule has 3 rings (SSSR count). The van der Waals surface area contributed by atoms with E-state index < -0.39 is 0 Å². The Bertz CT molecular complexity index is 264. The van der Waals surface area contributed by atoms with Crippen LogP contribution in [0.2, 0.25) is 0 Å². The van der Waals surface area contributed by atoms with Crippen LogP contribution in [0.3, 0.4) is 0 Å². The zero-order valence-electron chi connectivity index (χ0n) is 6.29. The molecule has 1 nitrogen and oxygen atoms in total. The summed E-state index contributed by atoms with van der Waals surface area (Å²) in [6.45, 7) is 0.946. The van der Waals surface area contributed by atoms with Crippen LogP contribution < -0.4 is 0 Å². The number of hydrogen-bond donors (Lipinski definition) is 0. The second-order valence-electron chi connectivity index (χ2n) is 3.38. The molecule has 0 spiro atoms. The molecular weight excluding hydrogens is 136 g/mol. The fraction of sp³-hybridized carbons (Fsp3) is 0.400. The SMILES string of the molecule is c1ccc2c(c1)C1COC2C1. The van der Waals surface area contributed by atoms with Crippen molar-refractivity contribution in [1.29, 1.82) is 0 Å². The Labute approximate surface area is 66.0 Å². The molecule has 0 radical (unpaired) electrons. The fourth-order valence-electron chi connectivity index (χ4n) is 2.24. The number of rotatable bonds is 0. The van der Waals surface area contributed by atoms with Crippen LogP contribution >= 0.6 is 0 Å². The van der Waals surface area contributed by atoms with E-state index in [4.69, 9.17) is 4.74 Å². The van der Waals surface area contributed by atoms with Crippen molar-refractivity contribution in [2.75, 3.05) is 6.61 Å². The van der Waals surface area contributed by atoms with Gasteiger partial charge in [-0.3, -0.25) is 0 Å². The third-order valence-electron chi connectivity index (χ3n) is 2.78. The Morgan fingerprint density at radius 1 is 1.18 bits per heavy atom. The second-order valence-corrected chi connectivity index (χ2v) is 3.38. The lowest BCUT2D eigenvalue weighted by molar-refractivity contribution is 0.103. The van der Waals surface area contributed by atoms with E-state index in [0.717, 1.165) is 6.61 Å². The van der Waals surface area contributed by atoms with Gasteiger partial charge < -0.3 is 4.74 Å². The van der Waals surface area contributed by atoms with Gasteiger partial charge in [0.25, 0.3) is 0 Å². The molecule has 1 saturated heterocycles. The summed E-state index contributed by atoms with van der Waals surface area (Å²) in [6, 6.07) is 8.66. The predicted octanol–water partition coefficient (Wildman–Crippen LogP) is 2.25. The summed E-state index contributed by atoms with van der Waals surface area (Å²) in [5.41, 5.74) is 2.97. The third-order valence-corrected chi connectivity index (χ3v) is 2.78. The molecule has 2 unspecified atom stereocenters. The summed E-state index contributed by atoms with van der Waals surface area (Å²) >= 11 is 0. The molecule has 1 aromatic carbocycles. The Morgan fingerprint density at radius 2 is 2.00 bits per heavy atom. The van der Waals surface area contributed by atoms with Crippen LogP contribution in [0, 0.1) is 0 Å². The summed E-state index contributed by atoms with van der Waals surface area (Å²) in [6.07, 6.45) is 1.65. The van der Waals surface area contributed by atoms with Crippen LogP contribution in [0.25, 0.3) is 0 Å². The predicted molar refractivity (Wildman–Crippen MR) is 42.5 cm³/mol. The van der Waals surface area contributed by atoms with Gasteiger partial charge in [0.1, 0.15) is 0 Å². The molecule has 1 heterocycles. The van der Waals surface area contributed by atoms with Crippen molar-refractivity contribution >= 4 is 0 Å². The van der Waals surface area contributed by atoms with Crippen molar-refractivity contribution in [2.45, 2.75) is 18.4 Å². The van der Waals surface area contributed by atoms with E-state index in [1.54, 1.807) is 0 Å². The Balaban J connectivity index is 2.23. The first-order chi connectivity index (χ1) is 5.45. The second kappa shape index (κ2) is 1.86. The highest BCUT2D eigenvalue weighted by Crippen LogP contribution is 2.47. The first-order valence-electron chi connectivity index (χ1n) is 4.15. The van der Waals surface area contributed by atoms with Gasteiger partial charge in [-0.15, -0.1) is 0 Å². The molecule has 56 valence electrons. The Hall–Kier alpha value is -0.820. The molecule has 0 aromatic heterocycles. The number of benzene rings is 1. The summed E-state index contributed by atoms with van der Waals surface area (Å²) in [4.78, 5) is 0. The van der Waals surface area contributed by atoms with E-state index in [1.165, 1.54) is 17.5 Å². The van der Waals surface area contributed by atoms with Crippen LogP contribution in [0.4, 0.5) is 0 Å². The molecule has 1 heteroatoms. The fourth-order valence-corrected chi connectivity index (χ4v) is 2.24. The summed E-state index contributed by atoms with van der Waals surface area (Å²) in [7, 11) is 0. The van der Waals surface area contributed by atoms with Crippen molar-refractivity contribution in [2.24, 2.45) is 0 Å². The van der Waals surface area contributed by atoms with Crippen LogP contribution in [0.1, 0.15) is 29.6 Å². The Kier molecular flexibility index (Phi) is 0.977. The van der Waals surface area contributed by atoms with Crippen LogP contribution in [-0.4, -0.2) is 6.61 Å². The van der Waals surface area contributed by atoms with Crippen molar-refractivity contribution in [3.05, 3.63) is 35.4 Å². The minimum absolute atomic E-state index is 0.427. The monoisotopic (exact) mass is 146 g/mol. The highest BCUT2D eigenvalue weighted by atomic mass is 16.5. The zero-order chi connectivity index (χ0) is 7.26. The maximum absolute atomic E-state index is 5.58. The molecule has 1 aliphatic heterocycles. The quantitative estimate of drug-likeness (QED) is 0.545. The summed E-state index contributed by atoms with van der Waals surface area (Å²) in [5, 5.41) is 0. The molecule has 2 aliphatic rings. The molecule has 11 heavy (non-hydrogen) atoms. The number of fused-ring (bicyclic) bond motifs is 5. The van der Waals surface area contributed by atoms with Crippen molar-refractivity contribution in [1.82, 2.24) is 0 Å². The van der Waals surface area contributed by atoms with Crippen LogP contribution in [0.5, 0.6) is 0 Å². The first kappa shape index (κ1) is 5.78. The summed E-state index contributed by atoms with van der Waals surface area (Å²) in [5.74, 6) is 0.705. The lowest BCUT2D eigenvalue weighted by Crippen LogP contribution is -2.03. The van der Waals surface area contributed by atoms with Crippen molar-refractivity contribution < 1.29 is 4.74 Å². The molecule has 0 saturated carbocycles. The van der Waals surface area contributed by atoms with E-state index in [1.807, 2.05) is 0 Å². The average Bonchev–Trinajstić information content (AvgIpc) is 2.64. The van der Waals surface area contributed by atoms with Crippen LogP contribution in [-0.2, 0) is 4.74 Å². The van der Waals surface area contributed by atoms with Gasteiger partial charge >= 0.3 is 0 Å². The standard InChI is InChI=1S/C10H10O/c1-2-4-9-8(3-1)7-5-10(9)11-6-7/h1-4,7,10H,5-6H2. The lowest BCUT2D eigenvalue weighted by atomic mass is 10.0. The number of hydrogen-bond acceptors (Lipinski definition) is 1. The molecule has 2 bridgehead atoms. The molecule has 1 aromatic rings. The van der Waals surface area contributed by atoms with E-state index in [9.17, 15) is 0 Å². The van der Waals surface area contributed by atoms with Gasteiger partial charge in [-0.2, -0.15) is 0 Å². The maximum atomic E-state index is 5.58. The highest BCUT2D eigenvalue weighted by Gasteiger charge is 2.37. The normalized spacial score (nSPS) is 32.4. The Morgan fingerprint density at radius 3 is 2.82 bits per heavy atom. The molecule has 1 fully saturated rings. The largest absolute Gasteiger partial charge is 0.373 e. The van der Waals surface area contributed by atoms with E-state index in [-0.39, 0.29) is 0 Å². The molecular formula is C10H10O. The lowest BCUT2D eigenvalue weighted by Gasteiger charge is -2.14. The van der Waals surface area contributed by atoms with Crippen LogP contribution in [0.15, 0.2) is 24.3 Å². The first-order valence-corrected chi connectivity index (χ1v) is 4.15. The van der Waals surface area contributed by atoms with Gasteiger partial charge in [0.15, 0.2) is 0 Å². The molecule has 0 N–H and O–H groups in total. The minimum Gasteiger partial charge on any atom is -0.373 e. The van der Waals surface area contributed by atoms with E-state index >= 15 is 0 Å².